The van der Waals surface area contributed by atoms with E-state index in [0.717, 1.165) is 18.7 Å². The summed E-state index contributed by atoms with van der Waals surface area (Å²) in [6, 6.07) is -0.0928. The molecule has 0 bridgehead atoms. The molecule has 3 rings (SSSR count). The summed E-state index contributed by atoms with van der Waals surface area (Å²) in [6.07, 6.45) is 3.30. The second kappa shape index (κ2) is 7.84. The SMILES string of the molecule is C[C@@H]1COCC2COc3c(nc(N=CC(=CN)C(N)=O)nc3C(C)(C)S(C)(=O)=O)N21. The molecule has 1 unspecified atom stereocenters. The van der Waals surface area contributed by atoms with E-state index in [1.807, 2.05) is 11.8 Å². The molecule has 1 fully saturated rings. The fourth-order valence-electron chi connectivity index (χ4n) is 3.28. The van der Waals surface area contributed by atoms with E-state index in [4.69, 9.17) is 20.9 Å². The number of carbonyl (C=O) groups is 1. The van der Waals surface area contributed by atoms with Crippen LogP contribution in [-0.4, -0.2) is 68.7 Å². The van der Waals surface area contributed by atoms with Crippen molar-refractivity contribution >= 4 is 33.7 Å². The van der Waals surface area contributed by atoms with Crippen LogP contribution in [0, 0.1) is 0 Å². The van der Waals surface area contributed by atoms with Crippen LogP contribution in [0.25, 0.3) is 0 Å². The molecule has 1 saturated heterocycles. The zero-order valence-corrected chi connectivity index (χ0v) is 18.1. The summed E-state index contributed by atoms with van der Waals surface area (Å²) >= 11 is 0. The number of primary amides is 1. The number of nitrogens with two attached hydrogens (primary N) is 2. The quantitative estimate of drug-likeness (QED) is 0.467. The van der Waals surface area contributed by atoms with Crippen LogP contribution in [0.3, 0.4) is 0 Å². The fourth-order valence-corrected chi connectivity index (χ4v) is 3.77. The smallest absolute Gasteiger partial charge is 0.251 e. The Morgan fingerprint density at radius 1 is 1.30 bits per heavy atom. The zero-order valence-electron chi connectivity index (χ0n) is 17.3. The van der Waals surface area contributed by atoms with Crippen molar-refractivity contribution < 1.29 is 22.7 Å². The van der Waals surface area contributed by atoms with Gasteiger partial charge < -0.3 is 25.8 Å². The van der Waals surface area contributed by atoms with Gasteiger partial charge in [-0.05, 0) is 20.8 Å². The number of hydrogen-bond acceptors (Lipinski definition) is 10. The predicted molar refractivity (Wildman–Crippen MR) is 112 cm³/mol. The van der Waals surface area contributed by atoms with Crippen LogP contribution in [0.15, 0.2) is 16.8 Å². The molecule has 4 N–H and O–H groups in total. The van der Waals surface area contributed by atoms with Crippen molar-refractivity contribution in [1.29, 1.82) is 0 Å². The molecule has 12 heteroatoms. The maximum atomic E-state index is 12.5. The maximum absolute atomic E-state index is 12.5. The monoisotopic (exact) mass is 438 g/mol. The van der Waals surface area contributed by atoms with Gasteiger partial charge in [-0.1, -0.05) is 0 Å². The van der Waals surface area contributed by atoms with E-state index in [0.29, 0.717) is 31.4 Å². The van der Waals surface area contributed by atoms with E-state index in [1.165, 1.54) is 0 Å². The highest BCUT2D eigenvalue weighted by Crippen LogP contribution is 2.44. The summed E-state index contributed by atoms with van der Waals surface area (Å²) in [5.74, 6) is -0.0581. The van der Waals surface area contributed by atoms with Gasteiger partial charge >= 0.3 is 0 Å². The second-order valence-electron chi connectivity index (χ2n) is 7.81. The normalized spacial score (nSPS) is 22.4. The average molecular weight is 439 g/mol. The first-order valence-electron chi connectivity index (χ1n) is 9.34. The molecular formula is C18H26N6O5S. The van der Waals surface area contributed by atoms with Crippen LogP contribution < -0.4 is 21.1 Å². The van der Waals surface area contributed by atoms with Crippen molar-refractivity contribution in [2.75, 3.05) is 31.0 Å². The van der Waals surface area contributed by atoms with Gasteiger partial charge in [0.1, 0.15) is 17.0 Å². The first kappa shape index (κ1) is 22.0. The van der Waals surface area contributed by atoms with Crippen LogP contribution in [0.1, 0.15) is 26.5 Å². The Hall–Kier alpha value is -2.73. The van der Waals surface area contributed by atoms with Crippen molar-refractivity contribution in [1.82, 2.24) is 9.97 Å². The van der Waals surface area contributed by atoms with Gasteiger partial charge in [-0.2, -0.15) is 4.98 Å². The van der Waals surface area contributed by atoms with Gasteiger partial charge in [-0.3, -0.25) is 4.79 Å². The number of anilines is 1. The summed E-state index contributed by atoms with van der Waals surface area (Å²) < 4.78 is 35.2. The first-order valence-corrected chi connectivity index (χ1v) is 11.2. The number of aliphatic imine (C=N–C) groups is 1. The number of fused-ring (bicyclic) bond motifs is 3. The van der Waals surface area contributed by atoms with Crippen molar-refractivity contribution in [3.05, 3.63) is 17.5 Å². The lowest BCUT2D eigenvalue weighted by Gasteiger charge is -2.45. The number of sulfone groups is 1. The van der Waals surface area contributed by atoms with E-state index in [1.54, 1.807) is 13.8 Å². The van der Waals surface area contributed by atoms with Crippen LogP contribution in [0.4, 0.5) is 11.8 Å². The topological polar surface area (TPSA) is 163 Å². The lowest BCUT2D eigenvalue weighted by atomic mass is 10.0. The minimum Gasteiger partial charge on any atom is -0.486 e. The van der Waals surface area contributed by atoms with E-state index in [9.17, 15) is 13.2 Å². The predicted octanol–water partition coefficient (Wildman–Crippen LogP) is -0.227. The van der Waals surface area contributed by atoms with Gasteiger partial charge in [0, 0.05) is 18.7 Å². The van der Waals surface area contributed by atoms with Gasteiger partial charge in [0.25, 0.3) is 11.9 Å². The number of hydrogen-bond donors (Lipinski definition) is 2. The van der Waals surface area contributed by atoms with Crippen LogP contribution >= 0.6 is 0 Å². The Bertz CT molecular complexity index is 1020. The lowest BCUT2D eigenvalue weighted by Crippen LogP contribution is -2.56. The molecule has 0 radical (unpaired) electrons. The standard InChI is InChI=1S/C18H26N6O5S/c1-10-7-28-8-12-9-29-13-14(18(2,3)30(4,26)27)22-17(23-16(13)24(10)12)21-6-11(5-19)15(20)25/h5-6,10,12H,7-9,19H2,1-4H3,(H2,20,25)/t10-,12?/m1/s1. The van der Waals surface area contributed by atoms with E-state index in [-0.39, 0.29) is 29.3 Å². The number of ether oxygens (including phenoxy) is 2. The summed E-state index contributed by atoms with van der Waals surface area (Å²) in [6.45, 7) is 6.34. The molecule has 2 aliphatic rings. The Morgan fingerprint density at radius 2 is 2.00 bits per heavy atom. The third-order valence-electron chi connectivity index (χ3n) is 5.32. The van der Waals surface area contributed by atoms with Gasteiger partial charge in [0.15, 0.2) is 21.4 Å². The highest BCUT2D eigenvalue weighted by Gasteiger charge is 2.43. The van der Waals surface area contributed by atoms with Gasteiger partial charge in [0.05, 0.1) is 30.9 Å². The lowest BCUT2D eigenvalue weighted by molar-refractivity contribution is -0.114. The highest BCUT2D eigenvalue weighted by molar-refractivity contribution is 7.91. The van der Waals surface area contributed by atoms with Crippen molar-refractivity contribution in [2.24, 2.45) is 16.5 Å². The average Bonchev–Trinajstić information content (AvgIpc) is 2.66. The minimum atomic E-state index is -3.57. The molecule has 0 saturated carbocycles. The molecule has 1 amide bonds. The molecule has 1 aromatic rings. The zero-order chi connectivity index (χ0) is 22.3. The molecule has 0 spiro atoms. The number of nitrogens with zero attached hydrogens (tertiary/aromatic N) is 4. The third kappa shape index (κ3) is 3.84. The minimum absolute atomic E-state index is 0.0163. The molecule has 1 aromatic heterocycles. The van der Waals surface area contributed by atoms with Crippen LogP contribution in [0.5, 0.6) is 5.75 Å². The molecule has 164 valence electrons. The van der Waals surface area contributed by atoms with E-state index in [2.05, 4.69) is 15.0 Å². The van der Waals surface area contributed by atoms with Gasteiger partial charge in [-0.15, -0.1) is 0 Å². The number of aromatic nitrogens is 2. The maximum Gasteiger partial charge on any atom is 0.251 e. The Kier molecular flexibility index (Phi) is 5.74. The number of morpholine rings is 1. The Labute approximate surface area is 175 Å². The Morgan fingerprint density at radius 3 is 2.60 bits per heavy atom. The molecule has 0 aromatic carbocycles. The molecular weight excluding hydrogens is 412 g/mol. The van der Waals surface area contributed by atoms with Crippen molar-refractivity contribution in [3.8, 4) is 5.75 Å². The fraction of sp³-hybridized carbons (Fsp3) is 0.556. The van der Waals surface area contributed by atoms with Gasteiger partial charge in [-0.25, -0.2) is 18.4 Å². The molecule has 3 heterocycles. The largest absolute Gasteiger partial charge is 0.486 e. The summed E-state index contributed by atoms with van der Waals surface area (Å²) in [4.78, 5) is 26.4. The number of amides is 1. The summed E-state index contributed by atoms with van der Waals surface area (Å²) in [5, 5.41) is 0. The molecule has 11 nitrogen and oxygen atoms in total. The van der Waals surface area contributed by atoms with E-state index >= 15 is 0 Å². The number of rotatable bonds is 5. The summed E-state index contributed by atoms with van der Waals surface area (Å²) in [7, 11) is -3.57. The van der Waals surface area contributed by atoms with Crippen molar-refractivity contribution in [2.45, 2.75) is 37.6 Å². The Balaban J connectivity index is 2.21. The molecule has 2 aliphatic heterocycles. The van der Waals surface area contributed by atoms with Crippen LogP contribution in [0.2, 0.25) is 0 Å². The highest BCUT2D eigenvalue weighted by atomic mass is 32.2. The first-order chi connectivity index (χ1) is 14.0. The third-order valence-corrected chi connectivity index (χ3v) is 7.37. The molecule has 0 aliphatic carbocycles. The molecule has 2 atom stereocenters. The summed E-state index contributed by atoms with van der Waals surface area (Å²) in [5.41, 5.74) is 10.8. The van der Waals surface area contributed by atoms with E-state index < -0.39 is 20.5 Å². The van der Waals surface area contributed by atoms with Crippen molar-refractivity contribution in [3.63, 3.8) is 0 Å². The number of carbonyl (C=O) groups excluding carboxylic acids is 1. The van der Waals surface area contributed by atoms with Crippen LogP contribution in [-0.2, 0) is 24.1 Å². The second-order valence-corrected chi connectivity index (χ2v) is 10.4. The van der Waals surface area contributed by atoms with Gasteiger partial charge in [0.2, 0.25) is 0 Å². The molecule has 30 heavy (non-hydrogen) atoms.